The minimum Gasteiger partial charge on any atom is -0.350 e. The summed E-state index contributed by atoms with van der Waals surface area (Å²) in [6.07, 6.45) is 8.47. The fraction of sp³-hybridized carbons (Fsp3) is 0.900. The zero-order chi connectivity index (χ0) is 8.23. The maximum absolute atomic E-state index is 11.7. The van der Waals surface area contributed by atoms with E-state index in [9.17, 15) is 4.79 Å². The Morgan fingerprint density at radius 3 is 2.25 bits per heavy atom. The van der Waals surface area contributed by atoms with Gasteiger partial charge < -0.3 is 5.32 Å². The van der Waals surface area contributed by atoms with Crippen LogP contribution >= 0.6 is 0 Å². The molecule has 1 N–H and O–H groups in total. The predicted molar refractivity (Wildman–Crippen MR) is 45.6 cm³/mol. The maximum Gasteiger partial charge on any atom is 0.226 e. The summed E-state index contributed by atoms with van der Waals surface area (Å²) in [6.45, 7) is 0. The van der Waals surface area contributed by atoms with Crippen LogP contribution in [0.5, 0.6) is 0 Å². The number of nitrogens with one attached hydrogen (secondary N) is 1. The Morgan fingerprint density at radius 2 is 1.75 bits per heavy atom. The van der Waals surface area contributed by atoms with E-state index in [1.165, 1.54) is 25.7 Å². The molecule has 0 bridgehead atoms. The van der Waals surface area contributed by atoms with Gasteiger partial charge in [0.2, 0.25) is 5.91 Å². The summed E-state index contributed by atoms with van der Waals surface area (Å²) in [5.74, 6) is 0.373. The van der Waals surface area contributed by atoms with Crippen molar-refractivity contribution in [2.24, 2.45) is 5.41 Å². The van der Waals surface area contributed by atoms with E-state index in [0.29, 0.717) is 11.4 Å². The molecule has 2 heteroatoms. The van der Waals surface area contributed by atoms with Crippen LogP contribution in [0.25, 0.3) is 0 Å². The molecule has 1 amide bonds. The van der Waals surface area contributed by atoms with Crippen LogP contribution in [-0.2, 0) is 4.79 Å². The van der Waals surface area contributed by atoms with Gasteiger partial charge in [0.05, 0.1) is 5.41 Å². The molecule has 2 nitrogen and oxygen atoms in total. The summed E-state index contributed by atoms with van der Waals surface area (Å²) >= 11 is 0. The Balaban J connectivity index is 1.91. The quantitative estimate of drug-likeness (QED) is 0.580. The predicted octanol–water partition coefficient (Wildman–Crippen LogP) is 1.60. The average molecular weight is 165 g/mol. The number of carbonyl (C=O) groups is 1. The van der Waals surface area contributed by atoms with E-state index in [1.807, 2.05) is 0 Å². The van der Waals surface area contributed by atoms with Crippen molar-refractivity contribution in [2.75, 3.05) is 0 Å². The molecule has 3 fully saturated rings. The second-order valence-corrected chi connectivity index (χ2v) is 4.90. The molecule has 2 aliphatic carbocycles. The summed E-state index contributed by atoms with van der Waals surface area (Å²) in [5, 5.41) is 3.20. The first-order valence-corrected chi connectivity index (χ1v) is 5.08. The molecule has 1 aliphatic heterocycles. The van der Waals surface area contributed by atoms with Gasteiger partial charge >= 0.3 is 0 Å². The van der Waals surface area contributed by atoms with Crippen LogP contribution < -0.4 is 5.32 Å². The average Bonchev–Trinajstić information content (AvgIpc) is 2.55. The Kier molecular flexibility index (Phi) is 1.07. The highest BCUT2D eigenvalue weighted by Gasteiger charge is 2.59. The summed E-state index contributed by atoms with van der Waals surface area (Å²) in [7, 11) is 0. The molecule has 1 heterocycles. The smallest absolute Gasteiger partial charge is 0.226 e. The number of rotatable bonds is 0. The minimum atomic E-state index is 0.0938. The van der Waals surface area contributed by atoms with Crippen molar-refractivity contribution >= 4 is 5.91 Å². The van der Waals surface area contributed by atoms with Gasteiger partial charge in [0, 0.05) is 5.54 Å². The van der Waals surface area contributed by atoms with Crippen LogP contribution in [0.15, 0.2) is 0 Å². The van der Waals surface area contributed by atoms with Gasteiger partial charge in [-0.25, -0.2) is 0 Å². The number of carbonyl (C=O) groups excluding carboxylic acids is 1. The van der Waals surface area contributed by atoms with Gasteiger partial charge in [-0.1, -0.05) is 12.8 Å². The fourth-order valence-corrected chi connectivity index (χ4v) is 3.05. The van der Waals surface area contributed by atoms with Crippen LogP contribution in [0.3, 0.4) is 0 Å². The number of hydrogen-bond donors (Lipinski definition) is 1. The van der Waals surface area contributed by atoms with Crippen LogP contribution in [0.2, 0.25) is 0 Å². The van der Waals surface area contributed by atoms with Gasteiger partial charge in [-0.15, -0.1) is 0 Å². The topological polar surface area (TPSA) is 29.1 Å². The van der Waals surface area contributed by atoms with Crippen molar-refractivity contribution < 1.29 is 4.79 Å². The summed E-state index contributed by atoms with van der Waals surface area (Å²) < 4.78 is 0. The molecule has 1 saturated heterocycles. The molecule has 0 unspecified atom stereocenters. The van der Waals surface area contributed by atoms with Crippen LogP contribution in [0.1, 0.15) is 44.9 Å². The van der Waals surface area contributed by atoms with Gasteiger partial charge in [0.1, 0.15) is 0 Å². The van der Waals surface area contributed by atoms with Crippen molar-refractivity contribution in [3.63, 3.8) is 0 Å². The van der Waals surface area contributed by atoms with E-state index in [0.717, 1.165) is 19.3 Å². The summed E-state index contributed by atoms with van der Waals surface area (Å²) in [4.78, 5) is 11.7. The normalized spacial score (nSPS) is 34.5. The van der Waals surface area contributed by atoms with E-state index < -0.39 is 0 Å². The lowest BCUT2D eigenvalue weighted by molar-refractivity contribution is -0.127. The zero-order valence-electron chi connectivity index (χ0n) is 7.36. The minimum absolute atomic E-state index is 0.0938. The lowest BCUT2D eigenvalue weighted by atomic mass is 9.82. The third-order valence-corrected chi connectivity index (χ3v) is 3.95. The summed E-state index contributed by atoms with van der Waals surface area (Å²) in [5.41, 5.74) is 0.387. The first kappa shape index (κ1) is 6.93. The highest BCUT2D eigenvalue weighted by molar-refractivity contribution is 5.87. The molecule has 0 radical (unpaired) electrons. The van der Waals surface area contributed by atoms with Gasteiger partial charge in [-0.3, -0.25) is 4.79 Å². The first-order valence-electron chi connectivity index (χ1n) is 5.08. The molecule has 3 aliphatic rings. The molecule has 2 spiro atoms. The van der Waals surface area contributed by atoms with Crippen molar-refractivity contribution in [3.05, 3.63) is 0 Å². The molecule has 12 heavy (non-hydrogen) atoms. The number of amides is 1. The first-order chi connectivity index (χ1) is 5.75. The highest BCUT2D eigenvalue weighted by atomic mass is 16.2. The lowest BCUT2D eigenvalue weighted by Gasteiger charge is -2.18. The van der Waals surface area contributed by atoms with Gasteiger partial charge in [-0.05, 0) is 32.1 Å². The van der Waals surface area contributed by atoms with E-state index in [1.54, 1.807) is 0 Å². The van der Waals surface area contributed by atoms with E-state index in [4.69, 9.17) is 0 Å². The Labute approximate surface area is 72.7 Å². The standard InChI is InChI=1S/C10H15NO/c12-8-9(3-1-2-4-9)7-10(11-8)5-6-10/h1-7H2,(H,11,12). The monoisotopic (exact) mass is 165 g/mol. The molecular formula is C10H15NO. The molecular weight excluding hydrogens is 150 g/mol. The Hall–Kier alpha value is -0.530. The van der Waals surface area contributed by atoms with E-state index in [-0.39, 0.29) is 5.41 Å². The second-order valence-electron chi connectivity index (χ2n) is 4.90. The molecule has 0 aromatic heterocycles. The third kappa shape index (κ3) is 0.732. The SMILES string of the molecule is O=C1NC2(CC2)CC12CCCC2. The fourth-order valence-electron chi connectivity index (χ4n) is 3.05. The Bertz CT molecular complexity index is 236. The van der Waals surface area contributed by atoms with Gasteiger partial charge in [0.15, 0.2) is 0 Å². The third-order valence-electron chi connectivity index (χ3n) is 3.95. The molecule has 66 valence electrons. The zero-order valence-corrected chi connectivity index (χ0v) is 7.36. The van der Waals surface area contributed by atoms with Crippen LogP contribution in [0.4, 0.5) is 0 Å². The van der Waals surface area contributed by atoms with Gasteiger partial charge in [-0.2, -0.15) is 0 Å². The molecule has 0 aromatic rings. The Morgan fingerprint density at radius 1 is 1.08 bits per heavy atom. The van der Waals surface area contributed by atoms with Crippen molar-refractivity contribution in [3.8, 4) is 0 Å². The summed E-state index contributed by atoms with van der Waals surface area (Å²) in [6, 6.07) is 0. The van der Waals surface area contributed by atoms with Crippen LogP contribution in [0, 0.1) is 5.41 Å². The lowest BCUT2D eigenvalue weighted by Crippen LogP contribution is -2.30. The molecule has 3 rings (SSSR count). The van der Waals surface area contributed by atoms with Crippen molar-refractivity contribution in [1.29, 1.82) is 0 Å². The molecule has 0 aromatic carbocycles. The maximum atomic E-state index is 11.7. The van der Waals surface area contributed by atoms with E-state index in [2.05, 4.69) is 5.32 Å². The second kappa shape index (κ2) is 1.86. The van der Waals surface area contributed by atoms with Crippen molar-refractivity contribution in [1.82, 2.24) is 5.32 Å². The van der Waals surface area contributed by atoms with Gasteiger partial charge in [0.25, 0.3) is 0 Å². The van der Waals surface area contributed by atoms with E-state index >= 15 is 0 Å². The largest absolute Gasteiger partial charge is 0.350 e. The van der Waals surface area contributed by atoms with Crippen molar-refractivity contribution in [2.45, 2.75) is 50.5 Å². The molecule has 0 atom stereocenters. The molecule has 2 saturated carbocycles. The highest BCUT2D eigenvalue weighted by Crippen LogP contribution is 2.56. The number of hydrogen-bond acceptors (Lipinski definition) is 1. The van der Waals surface area contributed by atoms with Crippen LogP contribution in [-0.4, -0.2) is 11.4 Å².